The van der Waals surface area contributed by atoms with Crippen molar-refractivity contribution in [1.82, 2.24) is 0 Å². The van der Waals surface area contributed by atoms with Crippen molar-refractivity contribution in [3.63, 3.8) is 0 Å². The number of methoxy groups -OCH3 is 1. The number of fused-ring (bicyclic) bond motifs is 1. The Labute approximate surface area is 127 Å². The average Bonchev–Trinajstić information content (AvgIpc) is 2.97. The van der Waals surface area contributed by atoms with Crippen LogP contribution in [0.25, 0.3) is 0 Å². The van der Waals surface area contributed by atoms with Crippen LogP contribution in [0.5, 0.6) is 5.75 Å². The predicted octanol–water partition coefficient (Wildman–Crippen LogP) is 3.40. The number of nitrogens with two attached hydrogens (primary N) is 1. The molecule has 110 valence electrons. The van der Waals surface area contributed by atoms with Crippen LogP contribution in [0.15, 0.2) is 29.6 Å². The van der Waals surface area contributed by atoms with Crippen LogP contribution in [0.1, 0.15) is 29.2 Å². The number of hydrogen-bond donors (Lipinski definition) is 2. The van der Waals surface area contributed by atoms with Crippen LogP contribution in [-0.2, 0) is 11.2 Å². The molecule has 0 aliphatic heterocycles. The number of hydrogen-bond acceptors (Lipinski definition) is 4. The van der Waals surface area contributed by atoms with Gasteiger partial charge in [0, 0.05) is 16.6 Å². The summed E-state index contributed by atoms with van der Waals surface area (Å²) in [6.45, 7) is 0. The van der Waals surface area contributed by atoms with E-state index in [2.05, 4.69) is 16.8 Å². The first-order valence-corrected chi connectivity index (χ1v) is 7.87. The normalized spacial score (nSPS) is 17.1. The number of thiophene rings is 1. The quantitative estimate of drug-likeness (QED) is 0.854. The minimum Gasteiger partial charge on any atom is -0.494 e. The Hall–Kier alpha value is -2.01. The number of anilines is 2. The first kappa shape index (κ1) is 13.9. The van der Waals surface area contributed by atoms with Crippen molar-refractivity contribution in [3.05, 3.63) is 40.1 Å². The van der Waals surface area contributed by atoms with Crippen molar-refractivity contribution in [2.24, 2.45) is 0 Å². The summed E-state index contributed by atoms with van der Waals surface area (Å²) >= 11 is 1.74. The predicted molar refractivity (Wildman–Crippen MR) is 86.0 cm³/mol. The zero-order valence-corrected chi connectivity index (χ0v) is 12.7. The molecule has 1 unspecified atom stereocenters. The standard InChI is InChI=1S/C16H18N2O2S/c1-20-14-9-10(17)5-6-13(14)18-16(19)12-3-2-4-15-11(12)7-8-21-15/h5-9,12H,2-4,17H2,1H3,(H,18,19). The van der Waals surface area contributed by atoms with Crippen molar-refractivity contribution in [3.8, 4) is 5.75 Å². The number of aryl methyl sites for hydroxylation is 1. The van der Waals surface area contributed by atoms with E-state index in [1.54, 1.807) is 36.6 Å². The van der Waals surface area contributed by atoms with E-state index < -0.39 is 0 Å². The average molecular weight is 302 g/mol. The number of benzene rings is 1. The minimum absolute atomic E-state index is 0.0254. The number of nitrogen functional groups attached to an aromatic ring is 1. The van der Waals surface area contributed by atoms with E-state index in [-0.39, 0.29) is 11.8 Å². The number of ether oxygens (including phenoxy) is 1. The molecule has 1 aliphatic rings. The highest BCUT2D eigenvalue weighted by Crippen LogP contribution is 2.36. The second-order valence-electron chi connectivity index (χ2n) is 5.19. The number of rotatable bonds is 3. The van der Waals surface area contributed by atoms with Gasteiger partial charge in [0.05, 0.1) is 18.7 Å². The number of nitrogens with one attached hydrogen (secondary N) is 1. The second-order valence-corrected chi connectivity index (χ2v) is 6.19. The van der Waals surface area contributed by atoms with Crippen LogP contribution in [0.3, 0.4) is 0 Å². The van der Waals surface area contributed by atoms with Crippen molar-refractivity contribution in [1.29, 1.82) is 0 Å². The summed E-state index contributed by atoms with van der Waals surface area (Å²) in [6, 6.07) is 7.33. The van der Waals surface area contributed by atoms with Crippen LogP contribution < -0.4 is 15.8 Å². The van der Waals surface area contributed by atoms with Gasteiger partial charge >= 0.3 is 0 Å². The molecular formula is C16H18N2O2S. The fourth-order valence-corrected chi connectivity index (χ4v) is 3.78. The highest BCUT2D eigenvalue weighted by molar-refractivity contribution is 7.10. The van der Waals surface area contributed by atoms with Gasteiger partial charge in [-0.15, -0.1) is 11.3 Å². The van der Waals surface area contributed by atoms with Crippen molar-refractivity contribution < 1.29 is 9.53 Å². The molecular weight excluding hydrogens is 284 g/mol. The van der Waals surface area contributed by atoms with E-state index in [4.69, 9.17) is 10.5 Å². The van der Waals surface area contributed by atoms with E-state index in [0.717, 1.165) is 19.3 Å². The lowest BCUT2D eigenvalue weighted by molar-refractivity contribution is -0.117. The van der Waals surface area contributed by atoms with Crippen molar-refractivity contribution in [2.75, 3.05) is 18.2 Å². The molecule has 0 radical (unpaired) electrons. The Balaban J connectivity index is 1.82. The van der Waals surface area contributed by atoms with Crippen LogP contribution in [-0.4, -0.2) is 13.0 Å². The maximum atomic E-state index is 12.6. The first-order valence-electron chi connectivity index (χ1n) is 6.99. The topological polar surface area (TPSA) is 64.3 Å². The molecule has 1 atom stereocenters. The Kier molecular flexibility index (Phi) is 3.84. The summed E-state index contributed by atoms with van der Waals surface area (Å²) in [4.78, 5) is 13.9. The van der Waals surface area contributed by atoms with E-state index in [1.165, 1.54) is 10.4 Å². The molecule has 3 N–H and O–H groups in total. The molecule has 4 nitrogen and oxygen atoms in total. The van der Waals surface area contributed by atoms with Gasteiger partial charge in [0.2, 0.25) is 5.91 Å². The maximum absolute atomic E-state index is 12.6. The van der Waals surface area contributed by atoms with Crippen molar-refractivity contribution >= 4 is 28.6 Å². The molecule has 21 heavy (non-hydrogen) atoms. The molecule has 0 spiro atoms. The van der Waals surface area contributed by atoms with Gasteiger partial charge in [0.15, 0.2) is 0 Å². The maximum Gasteiger partial charge on any atom is 0.232 e. The summed E-state index contributed by atoms with van der Waals surface area (Å²) in [5, 5.41) is 5.04. The summed E-state index contributed by atoms with van der Waals surface area (Å²) in [7, 11) is 1.57. The Morgan fingerprint density at radius 3 is 3.10 bits per heavy atom. The van der Waals surface area contributed by atoms with Gasteiger partial charge < -0.3 is 15.8 Å². The molecule has 1 heterocycles. The minimum atomic E-state index is -0.0674. The SMILES string of the molecule is COc1cc(N)ccc1NC(=O)C1CCCc2sccc21. The summed E-state index contributed by atoms with van der Waals surface area (Å²) in [5.74, 6) is 0.546. The van der Waals surface area contributed by atoms with Gasteiger partial charge in [-0.25, -0.2) is 0 Å². The monoisotopic (exact) mass is 302 g/mol. The van der Waals surface area contributed by atoms with E-state index in [1.807, 2.05) is 0 Å². The highest BCUT2D eigenvalue weighted by atomic mass is 32.1. The van der Waals surface area contributed by atoms with Crippen LogP contribution in [0.4, 0.5) is 11.4 Å². The molecule has 1 aromatic carbocycles. The van der Waals surface area contributed by atoms with E-state index in [9.17, 15) is 4.79 Å². The highest BCUT2D eigenvalue weighted by Gasteiger charge is 2.27. The molecule has 1 aliphatic carbocycles. The van der Waals surface area contributed by atoms with Gasteiger partial charge in [0.25, 0.3) is 0 Å². The fourth-order valence-electron chi connectivity index (χ4n) is 2.79. The van der Waals surface area contributed by atoms with Gasteiger partial charge in [-0.3, -0.25) is 4.79 Å². The van der Waals surface area contributed by atoms with E-state index in [0.29, 0.717) is 17.1 Å². The smallest absolute Gasteiger partial charge is 0.232 e. The molecule has 2 aromatic rings. The zero-order chi connectivity index (χ0) is 14.8. The van der Waals surface area contributed by atoms with Crippen LogP contribution in [0.2, 0.25) is 0 Å². The fraction of sp³-hybridized carbons (Fsp3) is 0.312. The molecule has 0 saturated heterocycles. The molecule has 0 bridgehead atoms. The molecule has 1 amide bonds. The lowest BCUT2D eigenvalue weighted by atomic mass is 9.87. The van der Waals surface area contributed by atoms with Crippen LogP contribution >= 0.6 is 11.3 Å². The number of carbonyl (C=O) groups is 1. The summed E-state index contributed by atoms with van der Waals surface area (Å²) in [5.41, 5.74) is 8.19. The molecule has 0 fully saturated rings. The largest absolute Gasteiger partial charge is 0.494 e. The Morgan fingerprint density at radius 1 is 1.43 bits per heavy atom. The van der Waals surface area contributed by atoms with Gasteiger partial charge in [-0.05, 0) is 48.4 Å². The third-order valence-electron chi connectivity index (χ3n) is 3.85. The molecule has 3 rings (SSSR count). The summed E-state index contributed by atoms with van der Waals surface area (Å²) < 4.78 is 5.28. The molecule has 1 aromatic heterocycles. The second kappa shape index (κ2) is 5.77. The third kappa shape index (κ3) is 2.74. The first-order chi connectivity index (χ1) is 10.2. The Bertz CT molecular complexity index is 666. The Morgan fingerprint density at radius 2 is 2.29 bits per heavy atom. The lowest BCUT2D eigenvalue weighted by Crippen LogP contribution is -2.24. The van der Waals surface area contributed by atoms with Crippen molar-refractivity contribution in [2.45, 2.75) is 25.2 Å². The van der Waals surface area contributed by atoms with Gasteiger partial charge in [0.1, 0.15) is 5.75 Å². The molecule has 5 heteroatoms. The zero-order valence-electron chi connectivity index (χ0n) is 11.9. The van der Waals surface area contributed by atoms with Crippen LogP contribution in [0, 0.1) is 0 Å². The van der Waals surface area contributed by atoms with Gasteiger partial charge in [-0.1, -0.05) is 0 Å². The van der Waals surface area contributed by atoms with Gasteiger partial charge in [-0.2, -0.15) is 0 Å². The summed E-state index contributed by atoms with van der Waals surface area (Å²) in [6.07, 6.45) is 3.04. The lowest BCUT2D eigenvalue weighted by Gasteiger charge is -2.22. The third-order valence-corrected chi connectivity index (χ3v) is 4.85. The van der Waals surface area contributed by atoms with E-state index >= 15 is 0 Å². The number of carbonyl (C=O) groups excluding carboxylic acids is 1. The number of amides is 1. The molecule has 0 saturated carbocycles.